The maximum absolute atomic E-state index is 9.42. The molecule has 5 heteroatoms. The van der Waals surface area contributed by atoms with E-state index in [0.717, 1.165) is 30.9 Å². The van der Waals surface area contributed by atoms with Gasteiger partial charge in [0.05, 0.1) is 6.10 Å². The van der Waals surface area contributed by atoms with E-state index >= 15 is 0 Å². The Morgan fingerprint density at radius 2 is 2.14 bits per heavy atom. The van der Waals surface area contributed by atoms with Gasteiger partial charge >= 0.3 is 0 Å². The molecule has 2 aromatic rings. The zero-order valence-corrected chi connectivity index (χ0v) is 12.4. The molecule has 0 aromatic carbocycles. The van der Waals surface area contributed by atoms with Crippen molar-refractivity contribution in [2.45, 2.75) is 38.3 Å². The molecule has 1 aliphatic rings. The van der Waals surface area contributed by atoms with Gasteiger partial charge in [0.15, 0.2) is 0 Å². The number of anilines is 1. The Hall–Kier alpha value is -2.01. The third-order valence-electron chi connectivity index (χ3n) is 4.14. The average Bonchev–Trinajstić information content (AvgIpc) is 2.46. The molecule has 0 saturated heterocycles. The predicted octanol–water partition coefficient (Wildman–Crippen LogP) is 2.05. The standard InChI is InChI=1S/C16H20N4O/c1-11-8-17-4-3-12(11)9-20(2)16-7-15(18-10-19-16)13-5-14(21)6-13/h3-4,7-8,10,13-14,21H,5-6,9H2,1-2H3. The molecule has 0 amide bonds. The second-order valence-electron chi connectivity index (χ2n) is 5.78. The van der Waals surface area contributed by atoms with Crippen LogP contribution in [0.15, 0.2) is 30.9 Å². The predicted molar refractivity (Wildman–Crippen MR) is 81.1 cm³/mol. The Morgan fingerprint density at radius 1 is 1.33 bits per heavy atom. The summed E-state index contributed by atoms with van der Waals surface area (Å²) in [7, 11) is 2.03. The smallest absolute Gasteiger partial charge is 0.132 e. The van der Waals surface area contributed by atoms with E-state index in [2.05, 4.69) is 26.8 Å². The highest BCUT2D eigenvalue weighted by molar-refractivity contribution is 5.41. The molecule has 5 nitrogen and oxygen atoms in total. The summed E-state index contributed by atoms with van der Waals surface area (Å²) in [5.41, 5.74) is 3.45. The number of rotatable bonds is 4. The van der Waals surface area contributed by atoms with Gasteiger partial charge in [0, 0.05) is 43.7 Å². The van der Waals surface area contributed by atoms with Gasteiger partial charge in [0.25, 0.3) is 0 Å². The zero-order valence-electron chi connectivity index (χ0n) is 12.4. The van der Waals surface area contributed by atoms with Crippen LogP contribution in [0, 0.1) is 6.92 Å². The van der Waals surface area contributed by atoms with Crippen LogP contribution in [0.25, 0.3) is 0 Å². The van der Waals surface area contributed by atoms with Gasteiger partial charge in [-0.15, -0.1) is 0 Å². The van der Waals surface area contributed by atoms with Crippen LogP contribution in [0.2, 0.25) is 0 Å². The fourth-order valence-corrected chi connectivity index (χ4v) is 2.64. The molecule has 0 radical (unpaired) electrons. The van der Waals surface area contributed by atoms with Crippen LogP contribution >= 0.6 is 0 Å². The van der Waals surface area contributed by atoms with Crippen LogP contribution in [-0.2, 0) is 6.54 Å². The van der Waals surface area contributed by atoms with Gasteiger partial charge in [-0.25, -0.2) is 9.97 Å². The Bertz CT molecular complexity index is 625. The van der Waals surface area contributed by atoms with Gasteiger partial charge in [0.1, 0.15) is 12.1 Å². The van der Waals surface area contributed by atoms with Crippen LogP contribution in [0.4, 0.5) is 5.82 Å². The minimum atomic E-state index is -0.161. The van der Waals surface area contributed by atoms with Gasteiger partial charge in [-0.05, 0) is 37.0 Å². The fourth-order valence-electron chi connectivity index (χ4n) is 2.64. The van der Waals surface area contributed by atoms with Crippen molar-refractivity contribution in [2.75, 3.05) is 11.9 Å². The van der Waals surface area contributed by atoms with E-state index < -0.39 is 0 Å². The van der Waals surface area contributed by atoms with Crippen LogP contribution in [0.5, 0.6) is 0 Å². The Kier molecular flexibility index (Phi) is 3.84. The molecular formula is C16H20N4O. The maximum atomic E-state index is 9.42. The normalized spacial score (nSPS) is 20.9. The number of aliphatic hydroxyl groups excluding tert-OH is 1. The highest BCUT2D eigenvalue weighted by atomic mass is 16.3. The zero-order chi connectivity index (χ0) is 14.8. The number of aliphatic hydroxyl groups is 1. The van der Waals surface area contributed by atoms with Crippen LogP contribution < -0.4 is 4.90 Å². The lowest BCUT2D eigenvalue weighted by Crippen LogP contribution is -2.27. The molecule has 21 heavy (non-hydrogen) atoms. The SMILES string of the molecule is Cc1cnccc1CN(C)c1cc(C2CC(O)C2)ncn1. The molecule has 2 heterocycles. The van der Waals surface area contributed by atoms with E-state index in [0.29, 0.717) is 5.92 Å². The molecule has 0 spiro atoms. The van der Waals surface area contributed by atoms with E-state index in [1.54, 1.807) is 6.33 Å². The Labute approximate surface area is 124 Å². The third-order valence-corrected chi connectivity index (χ3v) is 4.14. The monoisotopic (exact) mass is 284 g/mol. The van der Waals surface area contributed by atoms with Crippen LogP contribution in [0.3, 0.4) is 0 Å². The third kappa shape index (κ3) is 3.03. The quantitative estimate of drug-likeness (QED) is 0.931. The van der Waals surface area contributed by atoms with Crippen molar-refractivity contribution in [3.05, 3.63) is 47.7 Å². The fraction of sp³-hybridized carbons (Fsp3) is 0.438. The molecule has 1 fully saturated rings. The number of nitrogens with zero attached hydrogens (tertiary/aromatic N) is 4. The van der Waals surface area contributed by atoms with E-state index in [9.17, 15) is 5.11 Å². The second kappa shape index (κ2) is 5.77. The molecule has 2 aromatic heterocycles. The minimum absolute atomic E-state index is 0.161. The highest BCUT2D eigenvalue weighted by Crippen LogP contribution is 2.36. The van der Waals surface area contributed by atoms with Gasteiger partial charge < -0.3 is 10.0 Å². The molecule has 0 aliphatic heterocycles. The summed E-state index contributed by atoms with van der Waals surface area (Å²) in [6.07, 6.45) is 6.77. The van der Waals surface area contributed by atoms with E-state index in [1.165, 1.54) is 11.1 Å². The van der Waals surface area contributed by atoms with Gasteiger partial charge in [-0.2, -0.15) is 0 Å². The van der Waals surface area contributed by atoms with Gasteiger partial charge in [0.2, 0.25) is 0 Å². The lowest BCUT2D eigenvalue weighted by Gasteiger charge is -2.31. The minimum Gasteiger partial charge on any atom is -0.393 e. The molecule has 1 aliphatic carbocycles. The molecule has 110 valence electrons. The number of pyridine rings is 1. The van der Waals surface area contributed by atoms with Crippen molar-refractivity contribution < 1.29 is 5.11 Å². The van der Waals surface area contributed by atoms with Crippen molar-refractivity contribution in [3.8, 4) is 0 Å². The van der Waals surface area contributed by atoms with Crippen molar-refractivity contribution in [2.24, 2.45) is 0 Å². The van der Waals surface area contributed by atoms with Crippen molar-refractivity contribution in [1.82, 2.24) is 15.0 Å². The lowest BCUT2D eigenvalue weighted by molar-refractivity contribution is 0.0732. The van der Waals surface area contributed by atoms with Crippen LogP contribution in [0.1, 0.15) is 35.6 Å². The second-order valence-corrected chi connectivity index (χ2v) is 5.78. The van der Waals surface area contributed by atoms with E-state index in [1.807, 2.05) is 31.6 Å². The van der Waals surface area contributed by atoms with Crippen molar-refractivity contribution in [3.63, 3.8) is 0 Å². The van der Waals surface area contributed by atoms with Crippen molar-refractivity contribution in [1.29, 1.82) is 0 Å². The average molecular weight is 284 g/mol. The first kappa shape index (κ1) is 13.9. The summed E-state index contributed by atoms with van der Waals surface area (Å²) in [5, 5.41) is 9.42. The first-order valence-electron chi connectivity index (χ1n) is 7.24. The number of hydrogen-bond acceptors (Lipinski definition) is 5. The van der Waals surface area contributed by atoms with E-state index in [4.69, 9.17) is 0 Å². The van der Waals surface area contributed by atoms with Crippen molar-refractivity contribution >= 4 is 5.82 Å². The molecule has 0 atom stereocenters. The largest absolute Gasteiger partial charge is 0.393 e. The summed E-state index contributed by atoms with van der Waals surface area (Å²) in [5.74, 6) is 1.29. The van der Waals surface area contributed by atoms with Crippen LogP contribution in [-0.4, -0.2) is 33.2 Å². The summed E-state index contributed by atoms with van der Waals surface area (Å²) >= 11 is 0. The first-order valence-corrected chi connectivity index (χ1v) is 7.24. The molecular weight excluding hydrogens is 264 g/mol. The lowest BCUT2D eigenvalue weighted by atomic mass is 9.80. The van der Waals surface area contributed by atoms with E-state index in [-0.39, 0.29) is 6.10 Å². The summed E-state index contributed by atoms with van der Waals surface area (Å²) in [6, 6.07) is 4.07. The molecule has 1 N–H and O–H groups in total. The molecule has 3 rings (SSSR count). The highest BCUT2D eigenvalue weighted by Gasteiger charge is 2.29. The number of aryl methyl sites for hydroxylation is 1. The summed E-state index contributed by atoms with van der Waals surface area (Å²) in [6.45, 7) is 2.86. The Balaban J connectivity index is 1.74. The van der Waals surface area contributed by atoms with Gasteiger partial charge in [-0.3, -0.25) is 4.98 Å². The number of hydrogen-bond donors (Lipinski definition) is 1. The van der Waals surface area contributed by atoms with Gasteiger partial charge in [-0.1, -0.05) is 0 Å². The number of aromatic nitrogens is 3. The summed E-state index contributed by atoms with van der Waals surface area (Å²) in [4.78, 5) is 14.9. The Morgan fingerprint density at radius 3 is 2.86 bits per heavy atom. The topological polar surface area (TPSA) is 62.1 Å². The first-order chi connectivity index (χ1) is 10.1. The summed E-state index contributed by atoms with van der Waals surface area (Å²) < 4.78 is 0. The maximum Gasteiger partial charge on any atom is 0.132 e. The molecule has 1 saturated carbocycles. The molecule has 0 unspecified atom stereocenters. The molecule has 0 bridgehead atoms.